The maximum atomic E-state index is 6.89. The third-order valence-corrected chi connectivity index (χ3v) is 13.3. The van der Waals surface area contributed by atoms with Crippen LogP contribution in [0.1, 0.15) is 0 Å². The first-order chi connectivity index (χ1) is 31.3. The van der Waals surface area contributed by atoms with Crippen LogP contribution in [0.5, 0.6) is 0 Å². The first-order valence-corrected chi connectivity index (χ1v) is 21.8. The van der Waals surface area contributed by atoms with E-state index in [9.17, 15) is 0 Å². The summed E-state index contributed by atoms with van der Waals surface area (Å²) >= 11 is 0. The zero-order valence-corrected chi connectivity index (χ0v) is 34.3. The van der Waals surface area contributed by atoms with Crippen molar-refractivity contribution in [3.63, 3.8) is 0 Å². The summed E-state index contributed by atoms with van der Waals surface area (Å²) in [7, 11) is 0. The lowest BCUT2D eigenvalue weighted by Crippen LogP contribution is -1.91. The summed E-state index contributed by atoms with van der Waals surface area (Å²) in [5, 5.41) is 14.6. The topological polar surface area (TPSA) is 13.1 Å². The van der Waals surface area contributed by atoms with Crippen molar-refractivity contribution >= 4 is 75.8 Å². The molecule has 1 aromatic heterocycles. The third-order valence-electron chi connectivity index (χ3n) is 13.3. The van der Waals surface area contributed by atoms with E-state index in [1.807, 2.05) is 0 Å². The van der Waals surface area contributed by atoms with E-state index in [0.717, 1.165) is 27.5 Å². The molecule has 0 aliphatic rings. The summed E-state index contributed by atoms with van der Waals surface area (Å²) in [6.07, 6.45) is 0. The average Bonchev–Trinajstić information content (AvgIpc) is 3.73. The summed E-state index contributed by atoms with van der Waals surface area (Å²) in [5.74, 6) is 0. The molecule has 13 rings (SSSR count). The van der Waals surface area contributed by atoms with Gasteiger partial charge >= 0.3 is 0 Å². The van der Waals surface area contributed by atoms with Gasteiger partial charge in [0.25, 0.3) is 0 Å². The Hall–Kier alpha value is -8.26. The van der Waals surface area contributed by atoms with Crippen molar-refractivity contribution in [3.8, 4) is 55.6 Å². The highest BCUT2D eigenvalue weighted by atomic mass is 16.3. The molecule has 0 aliphatic carbocycles. The van der Waals surface area contributed by atoms with Crippen molar-refractivity contribution in [2.45, 2.75) is 0 Å². The van der Waals surface area contributed by atoms with Gasteiger partial charge in [-0.05, 0) is 128 Å². The van der Waals surface area contributed by atoms with Crippen LogP contribution in [0.25, 0.3) is 131 Å². The molecule has 0 aliphatic heterocycles. The molecule has 13 aromatic rings. The number of hydrogen-bond acceptors (Lipinski definition) is 1. The highest BCUT2D eigenvalue weighted by Gasteiger charge is 2.22. The first-order valence-electron chi connectivity index (χ1n) is 21.8. The van der Waals surface area contributed by atoms with Crippen LogP contribution in [0, 0.1) is 0 Å². The van der Waals surface area contributed by atoms with Crippen molar-refractivity contribution in [1.29, 1.82) is 0 Å². The Kier molecular flexibility index (Phi) is 7.98. The van der Waals surface area contributed by atoms with Gasteiger partial charge in [0.2, 0.25) is 0 Å². The minimum atomic E-state index is 0.881. The number of benzene rings is 12. The number of rotatable bonds is 5. The molecule has 0 unspecified atom stereocenters. The quantitative estimate of drug-likeness (QED) is 0.158. The maximum Gasteiger partial charge on any atom is 0.136 e. The maximum absolute atomic E-state index is 6.89. The van der Waals surface area contributed by atoms with Crippen LogP contribution in [-0.2, 0) is 0 Å². The molecule has 63 heavy (non-hydrogen) atoms. The Balaban J connectivity index is 1.00. The molecular formula is C62H38O. The summed E-state index contributed by atoms with van der Waals surface area (Å²) in [6, 6.07) is 84.1. The van der Waals surface area contributed by atoms with Crippen molar-refractivity contribution in [1.82, 2.24) is 0 Å². The van der Waals surface area contributed by atoms with Gasteiger partial charge in [0.15, 0.2) is 0 Å². The van der Waals surface area contributed by atoms with Crippen LogP contribution >= 0.6 is 0 Å². The fourth-order valence-electron chi connectivity index (χ4n) is 10.6. The Bertz CT molecular complexity index is 3830. The molecule has 0 saturated carbocycles. The van der Waals surface area contributed by atoms with Gasteiger partial charge in [-0.15, -0.1) is 0 Å². The molecule has 0 spiro atoms. The number of furan rings is 1. The minimum absolute atomic E-state index is 0.881. The predicted octanol–water partition coefficient (Wildman–Crippen LogP) is 17.7. The van der Waals surface area contributed by atoms with E-state index in [1.165, 1.54) is 104 Å². The van der Waals surface area contributed by atoms with Crippen molar-refractivity contribution < 1.29 is 4.42 Å². The molecule has 292 valence electrons. The van der Waals surface area contributed by atoms with Gasteiger partial charge in [-0.1, -0.05) is 212 Å². The standard InChI is InChI=1S/C62H38O/c1-2-17-41(18-3-1)58-46-21-6-8-23-48(46)60(49-24-9-7-22-47(49)58)43-36-37-54-57(38-43)63-56-31-15-30-55(62(54)56)61-52-27-12-10-25-50(52)59(51-26-11-13-28-53(51)61)42-34-32-40(33-35-42)45-29-14-19-39-16-4-5-20-44(39)45/h1-38H. The van der Waals surface area contributed by atoms with Crippen LogP contribution in [0.3, 0.4) is 0 Å². The Labute approximate surface area is 364 Å². The van der Waals surface area contributed by atoms with Crippen LogP contribution < -0.4 is 0 Å². The van der Waals surface area contributed by atoms with E-state index in [1.54, 1.807) is 0 Å². The average molecular weight is 799 g/mol. The molecular weight excluding hydrogens is 761 g/mol. The first kappa shape index (κ1) is 35.5. The molecule has 1 heterocycles. The van der Waals surface area contributed by atoms with E-state index < -0.39 is 0 Å². The molecule has 1 heteroatoms. The van der Waals surface area contributed by atoms with E-state index >= 15 is 0 Å². The van der Waals surface area contributed by atoms with E-state index in [-0.39, 0.29) is 0 Å². The molecule has 1 nitrogen and oxygen atoms in total. The minimum Gasteiger partial charge on any atom is -0.456 e. The van der Waals surface area contributed by atoms with E-state index in [4.69, 9.17) is 4.42 Å². The Morgan fingerprint density at radius 2 is 0.635 bits per heavy atom. The molecule has 0 N–H and O–H groups in total. The van der Waals surface area contributed by atoms with Crippen molar-refractivity contribution in [2.75, 3.05) is 0 Å². The summed E-state index contributed by atoms with van der Waals surface area (Å²) in [5.41, 5.74) is 13.9. The highest BCUT2D eigenvalue weighted by Crippen LogP contribution is 2.49. The lowest BCUT2D eigenvalue weighted by Gasteiger charge is -2.18. The van der Waals surface area contributed by atoms with Gasteiger partial charge in [-0.3, -0.25) is 0 Å². The Morgan fingerprint density at radius 1 is 0.222 bits per heavy atom. The monoisotopic (exact) mass is 798 g/mol. The van der Waals surface area contributed by atoms with Gasteiger partial charge in [-0.25, -0.2) is 0 Å². The predicted molar refractivity (Wildman–Crippen MR) is 268 cm³/mol. The van der Waals surface area contributed by atoms with Gasteiger partial charge in [0.1, 0.15) is 11.2 Å². The number of fused-ring (bicyclic) bond motifs is 8. The fourth-order valence-corrected chi connectivity index (χ4v) is 10.6. The van der Waals surface area contributed by atoms with Crippen LogP contribution in [0.2, 0.25) is 0 Å². The highest BCUT2D eigenvalue weighted by molar-refractivity contribution is 6.26. The lowest BCUT2D eigenvalue weighted by atomic mass is 9.84. The van der Waals surface area contributed by atoms with Gasteiger partial charge in [-0.2, -0.15) is 0 Å². The third kappa shape index (κ3) is 5.50. The van der Waals surface area contributed by atoms with E-state index in [2.05, 4.69) is 231 Å². The van der Waals surface area contributed by atoms with Gasteiger partial charge < -0.3 is 4.42 Å². The smallest absolute Gasteiger partial charge is 0.136 e. The second kappa shape index (κ2) is 14.2. The van der Waals surface area contributed by atoms with Gasteiger partial charge in [0, 0.05) is 10.8 Å². The second-order valence-corrected chi connectivity index (χ2v) is 16.6. The SMILES string of the molecule is c1ccc(-c2c3ccccc3c(-c3ccc4c(c3)oc3cccc(-c5c6ccccc6c(-c6ccc(-c7cccc8ccccc78)cc6)c6ccccc56)c34)c3ccccc23)cc1. The summed E-state index contributed by atoms with van der Waals surface area (Å²) in [4.78, 5) is 0. The summed E-state index contributed by atoms with van der Waals surface area (Å²) in [6.45, 7) is 0. The van der Waals surface area contributed by atoms with Crippen molar-refractivity contribution in [3.05, 3.63) is 231 Å². The zero-order valence-electron chi connectivity index (χ0n) is 34.3. The second-order valence-electron chi connectivity index (χ2n) is 16.6. The van der Waals surface area contributed by atoms with Crippen molar-refractivity contribution in [2.24, 2.45) is 0 Å². The molecule has 12 aromatic carbocycles. The van der Waals surface area contributed by atoms with Crippen LogP contribution in [0.4, 0.5) is 0 Å². The van der Waals surface area contributed by atoms with Crippen LogP contribution in [-0.4, -0.2) is 0 Å². The molecule has 0 bridgehead atoms. The molecule has 0 amide bonds. The Morgan fingerprint density at radius 3 is 1.22 bits per heavy atom. The molecule has 0 radical (unpaired) electrons. The number of hydrogen-bond donors (Lipinski definition) is 0. The zero-order chi connectivity index (χ0) is 41.4. The van der Waals surface area contributed by atoms with E-state index in [0.29, 0.717) is 0 Å². The molecule has 0 fully saturated rings. The van der Waals surface area contributed by atoms with Crippen LogP contribution in [0.15, 0.2) is 235 Å². The fraction of sp³-hybridized carbons (Fsp3) is 0. The molecule has 0 atom stereocenters. The largest absolute Gasteiger partial charge is 0.456 e. The van der Waals surface area contributed by atoms with Gasteiger partial charge in [0.05, 0.1) is 0 Å². The lowest BCUT2D eigenvalue weighted by molar-refractivity contribution is 0.669. The summed E-state index contributed by atoms with van der Waals surface area (Å²) < 4.78 is 6.89. The molecule has 0 saturated heterocycles. The normalized spacial score (nSPS) is 11.8.